The predicted molar refractivity (Wildman–Crippen MR) is 84.5 cm³/mol. The van der Waals surface area contributed by atoms with Crippen molar-refractivity contribution < 1.29 is 13.9 Å². The van der Waals surface area contributed by atoms with Gasteiger partial charge in [0.15, 0.2) is 0 Å². The van der Waals surface area contributed by atoms with Crippen molar-refractivity contribution in [1.82, 2.24) is 4.98 Å². The molecule has 0 radical (unpaired) electrons. The lowest BCUT2D eigenvalue weighted by Gasteiger charge is -2.03. The number of ether oxygens (including phenoxy) is 1. The monoisotopic (exact) mass is 313 g/mol. The van der Waals surface area contributed by atoms with Gasteiger partial charge in [0.05, 0.1) is 11.3 Å². The van der Waals surface area contributed by atoms with Crippen LogP contribution in [-0.2, 0) is 22.6 Å². The summed E-state index contributed by atoms with van der Waals surface area (Å²) in [5.41, 5.74) is 2.72. The van der Waals surface area contributed by atoms with E-state index >= 15 is 0 Å². The number of carbonyl (C=O) groups is 1. The van der Waals surface area contributed by atoms with E-state index < -0.39 is 0 Å². The average molecular weight is 313 g/mol. The molecule has 0 atom stereocenters. The van der Waals surface area contributed by atoms with Gasteiger partial charge in [-0.1, -0.05) is 35.9 Å². The minimum Gasteiger partial charge on any atom is -0.459 e. The normalized spacial score (nSPS) is 10.6. The van der Waals surface area contributed by atoms with Gasteiger partial charge in [0.2, 0.25) is 5.89 Å². The Labute approximate surface area is 132 Å². The lowest BCUT2D eigenvalue weighted by Crippen LogP contribution is -2.08. The molecule has 0 saturated heterocycles. The Bertz CT molecular complexity index is 745. The number of nitrogens with zero attached hydrogens (tertiary/aromatic N) is 1. The Morgan fingerprint density at radius 3 is 2.82 bits per heavy atom. The van der Waals surface area contributed by atoms with Crippen LogP contribution in [-0.4, -0.2) is 11.0 Å². The van der Waals surface area contributed by atoms with Gasteiger partial charge in [-0.25, -0.2) is 4.98 Å². The van der Waals surface area contributed by atoms with Gasteiger partial charge in [-0.2, -0.15) is 0 Å². The van der Waals surface area contributed by atoms with E-state index in [0.717, 1.165) is 10.4 Å². The molecule has 0 unspecified atom stereocenters. The van der Waals surface area contributed by atoms with Gasteiger partial charge < -0.3 is 9.15 Å². The van der Waals surface area contributed by atoms with Crippen molar-refractivity contribution in [2.75, 3.05) is 0 Å². The van der Waals surface area contributed by atoms with Gasteiger partial charge in [0.25, 0.3) is 0 Å². The van der Waals surface area contributed by atoms with Crippen molar-refractivity contribution in [3.8, 4) is 10.8 Å². The third-order valence-electron chi connectivity index (χ3n) is 3.13. The van der Waals surface area contributed by atoms with E-state index in [0.29, 0.717) is 11.6 Å². The summed E-state index contributed by atoms with van der Waals surface area (Å²) in [6.45, 7) is 2.14. The molecule has 0 aliphatic rings. The van der Waals surface area contributed by atoms with Gasteiger partial charge in [0, 0.05) is 0 Å². The van der Waals surface area contributed by atoms with Crippen LogP contribution in [0.2, 0.25) is 0 Å². The quantitative estimate of drug-likeness (QED) is 0.668. The fourth-order valence-electron chi connectivity index (χ4n) is 1.96. The largest absolute Gasteiger partial charge is 0.459 e. The maximum atomic E-state index is 11.8. The molecule has 0 saturated carbocycles. The summed E-state index contributed by atoms with van der Waals surface area (Å²) < 4.78 is 10.6. The summed E-state index contributed by atoms with van der Waals surface area (Å²) in [5.74, 6) is 0.282. The Morgan fingerprint density at radius 2 is 2.09 bits per heavy atom. The molecule has 0 aliphatic heterocycles. The zero-order valence-corrected chi connectivity index (χ0v) is 12.9. The Balaban J connectivity index is 1.54. The molecule has 0 N–H and O–H groups in total. The van der Waals surface area contributed by atoms with Crippen LogP contribution >= 0.6 is 11.3 Å². The first-order chi connectivity index (χ1) is 10.7. The van der Waals surface area contributed by atoms with Gasteiger partial charge >= 0.3 is 5.97 Å². The smallest absolute Gasteiger partial charge is 0.310 e. The highest BCUT2D eigenvalue weighted by Crippen LogP contribution is 2.23. The van der Waals surface area contributed by atoms with Gasteiger partial charge in [-0.3, -0.25) is 4.79 Å². The zero-order chi connectivity index (χ0) is 15.4. The molecule has 4 nitrogen and oxygen atoms in total. The van der Waals surface area contributed by atoms with Gasteiger partial charge in [-0.05, 0) is 23.9 Å². The SMILES string of the molecule is Cc1ccc(CC(=O)OCc2coc(-c3cccs3)n2)cc1. The molecule has 0 aliphatic carbocycles. The first kappa shape index (κ1) is 14.5. The Hall–Kier alpha value is -2.40. The molecule has 0 amide bonds. The summed E-state index contributed by atoms with van der Waals surface area (Å²) in [5, 5.41) is 1.96. The number of benzene rings is 1. The second-order valence-electron chi connectivity index (χ2n) is 4.94. The number of carbonyl (C=O) groups excluding carboxylic acids is 1. The summed E-state index contributed by atoms with van der Waals surface area (Å²) in [7, 11) is 0. The number of oxazole rings is 1. The van der Waals surface area contributed by atoms with Crippen LogP contribution < -0.4 is 0 Å². The molecule has 1 aromatic carbocycles. The van der Waals surface area contributed by atoms with Crippen LogP contribution in [0.5, 0.6) is 0 Å². The van der Waals surface area contributed by atoms with Crippen molar-refractivity contribution in [2.45, 2.75) is 20.0 Å². The molecule has 112 valence electrons. The number of aryl methyl sites for hydroxylation is 1. The van der Waals surface area contributed by atoms with E-state index in [1.54, 1.807) is 11.3 Å². The Kier molecular flexibility index (Phi) is 4.34. The number of aromatic nitrogens is 1. The van der Waals surface area contributed by atoms with Crippen LogP contribution in [0.1, 0.15) is 16.8 Å². The fourth-order valence-corrected chi connectivity index (χ4v) is 2.62. The van der Waals surface area contributed by atoms with Crippen molar-refractivity contribution in [1.29, 1.82) is 0 Å². The third kappa shape index (κ3) is 3.62. The van der Waals surface area contributed by atoms with Crippen molar-refractivity contribution in [2.24, 2.45) is 0 Å². The van der Waals surface area contributed by atoms with E-state index in [1.807, 2.05) is 48.7 Å². The van der Waals surface area contributed by atoms with Crippen LogP contribution in [0.3, 0.4) is 0 Å². The molecule has 0 spiro atoms. The first-order valence-corrected chi connectivity index (χ1v) is 7.78. The molecule has 0 fully saturated rings. The first-order valence-electron chi connectivity index (χ1n) is 6.90. The van der Waals surface area contributed by atoms with E-state index in [9.17, 15) is 4.79 Å². The molecule has 0 bridgehead atoms. The van der Waals surface area contributed by atoms with Gasteiger partial charge in [0.1, 0.15) is 18.6 Å². The predicted octanol–water partition coefficient (Wildman–Crippen LogP) is 4.00. The third-order valence-corrected chi connectivity index (χ3v) is 3.99. The highest BCUT2D eigenvalue weighted by atomic mass is 32.1. The van der Waals surface area contributed by atoms with E-state index in [-0.39, 0.29) is 19.0 Å². The second kappa shape index (κ2) is 6.58. The lowest BCUT2D eigenvalue weighted by molar-refractivity contribution is -0.144. The van der Waals surface area contributed by atoms with E-state index in [2.05, 4.69) is 4.98 Å². The molecular weight excluding hydrogens is 298 g/mol. The molecule has 3 aromatic rings. The standard InChI is InChI=1S/C17H15NO3S/c1-12-4-6-13(7-5-12)9-16(19)20-10-14-11-21-17(18-14)15-3-2-8-22-15/h2-8,11H,9-10H2,1H3. The average Bonchev–Trinajstić information content (AvgIpc) is 3.18. The molecule has 5 heteroatoms. The molecule has 22 heavy (non-hydrogen) atoms. The van der Waals surface area contributed by atoms with Gasteiger partial charge in [-0.15, -0.1) is 11.3 Å². The van der Waals surface area contributed by atoms with Crippen molar-refractivity contribution in [3.63, 3.8) is 0 Å². The molecule has 3 rings (SSSR count). The van der Waals surface area contributed by atoms with E-state index in [1.165, 1.54) is 11.8 Å². The molecule has 2 heterocycles. The number of thiophene rings is 1. The fraction of sp³-hybridized carbons (Fsp3) is 0.176. The number of hydrogen-bond acceptors (Lipinski definition) is 5. The topological polar surface area (TPSA) is 52.3 Å². The molecule has 2 aromatic heterocycles. The lowest BCUT2D eigenvalue weighted by atomic mass is 10.1. The maximum Gasteiger partial charge on any atom is 0.310 e. The van der Waals surface area contributed by atoms with Crippen LogP contribution in [0, 0.1) is 6.92 Å². The molecular formula is C17H15NO3S. The minimum absolute atomic E-state index is 0.125. The summed E-state index contributed by atoms with van der Waals surface area (Å²) in [6.07, 6.45) is 1.78. The zero-order valence-electron chi connectivity index (χ0n) is 12.1. The summed E-state index contributed by atoms with van der Waals surface area (Å²) in [4.78, 5) is 17.1. The van der Waals surface area contributed by atoms with Crippen LogP contribution in [0.4, 0.5) is 0 Å². The number of rotatable bonds is 5. The summed E-state index contributed by atoms with van der Waals surface area (Å²) in [6, 6.07) is 11.7. The minimum atomic E-state index is -0.274. The van der Waals surface area contributed by atoms with Crippen molar-refractivity contribution >= 4 is 17.3 Å². The van der Waals surface area contributed by atoms with E-state index in [4.69, 9.17) is 9.15 Å². The number of esters is 1. The summed E-state index contributed by atoms with van der Waals surface area (Å²) >= 11 is 1.55. The Morgan fingerprint density at radius 1 is 1.27 bits per heavy atom. The second-order valence-corrected chi connectivity index (χ2v) is 5.89. The van der Waals surface area contributed by atoms with Crippen LogP contribution in [0.25, 0.3) is 10.8 Å². The number of hydrogen-bond donors (Lipinski definition) is 0. The highest BCUT2D eigenvalue weighted by molar-refractivity contribution is 7.13. The van der Waals surface area contributed by atoms with Crippen LogP contribution in [0.15, 0.2) is 52.5 Å². The van der Waals surface area contributed by atoms with Crippen molar-refractivity contribution in [3.05, 3.63) is 64.9 Å². The maximum absolute atomic E-state index is 11.8. The highest BCUT2D eigenvalue weighted by Gasteiger charge is 2.10.